The van der Waals surface area contributed by atoms with Crippen LogP contribution >= 0.6 is 11.3 Å². The lowest BCUT2D eigenvalue weighted by Gasteiger charge is -2.11. The van der Waals surface area contributed by atoms with Crippen LogP contribution in [0.25, 0.3) is 22.2 Å². The highest BCUT2D eigenvalue weighted by Crippen LogP contribution is 2.27. The summed E-state index contributed by atoms with van der Waals surface area (Å²) in [6.07, 6.45) is 3.12. The van der Waals surface area contributed by atoms with Gasteiger partial charge in [0.1, 0.15) is 23.0 Å². The molecule has 2 aromatic carbocycles. The van der Waals surface area contributed by atoms with Crippen LogP contribution in [0.15, 0.2) is 66.4 Å². The van der Waals surface area contributed by atoms with Gasteiger partial charge in [-0.25, -0.2) is 19.9 Å². The number of pyridine rings is 1. The molecule has 0 aliphatic heterocycles. The van der Waals surface area contributed by atoms with Crippen LogP contribution < -0.4 is 16.4 Å². The zero-order valence-corrected chi connectivity index (χ0v) is 20.8. The maximum absolute atomic E-state index is 12.9. The topological polar surface area (TPSA) is 119 Å². The number of carbonyl (C=O) groups excluding carboxylic acids is 1. The quantitative estimate of drug-likeness (QED) is 0.294. The van der Waals surface area contributed by atoms with Crippen molar-refractivity contribution < 1.29 is 4.79 Å². The minimum Gasteiger partial charge on any atom is -0.383 e. The Morgan fingerprint density at radius 3 is 2.75 bits per heavy atom. The summed E-state index contributed by atoms with van der Waals surface area (Å²) in [6.45, 7) is 5.03. The van der Waals surface area contributed by atoms with E-state index in [1.165, 1.54) is 28.8 Å². The third kappa shape index (κ3) is 5.01. The molecule has 0 spiro atoms. The van der Waals surface area contributed by atoms with E-state index >= 15 is 0 Å². The minimum atomic E-state index is -0.181. The number of aryl methyl sites for hydroxylation is 2. The number of hydrogen-bond acceptors (Lipinski definition) is 8. The maximum atomic E-state index is 12.9. The van der Waals surface area contributed by atoms with Crippen molar-refractivity contribution in [1.82, 2.24) is 25.3 Å². The Hall–Kier alpha value is -4.37. The second-order valence-electron chi connectivity index (χ2n) is 8.47. The van der Waals surface area contributed by atoms with Crippen molar-refractivity contribution in [2.24, 2.45) is 0 Å². The number of aromatic nitrogens is 4. The number of fused-ring (bicyclic) bond motifs is 1. The highest BCUT2D eigenvalue weighted by molar-refractivity contribution is 7.10. The first kappa shape index (κ1) is 23.4. The SMILES string of the molecule is Cc1ccc(CNC(=O)c2cccnc2NCc2nc(-c3ccc4ncnc(N)c4c3)cs2)cc1C. The number of benzene rings is 2. The van der Waals surface area contributed by atoms with Gasteiger partial charge in [-0.05, 0) is 54.8 Å². The molecule has 5 rings (SSSR count). The van der Waals surface area contributed by atoms with Crippen LogP contribution in [0, 0.1) is 13.8 Å². The second kappa shape index (κ2) is 10.1. The van der Waals surface area contributed by atoms with Crippen molar-refractivity contribution >= 4 is 39.8 Å². The lowest BCUT2D eigenvalue weighted by molar-refractivity contribution is 0.0951. The molecular weight excluding hydrogens is 470 g/mol. The Kier molecular flexibility index (Phi) is 6.55. The van der Waals surface area contributed by atoms with E-state index in [0.717, 1.165) is 32.7 Å². The molecule has 3 heterocycles. The largest absolute Gasteiger partial charge is 0.383 e. The molecule has 5 aromatic rings. The van der Waals surface area contributed by atoms with Crippen LogP contribution in [-0.4, -0.2) is 25.8 Å². The van der Waals surface area contributed by atoms with Crippen LogP contribution in [0.2, 0.25) is 0 Å². The molecule has 0 saturated carbocycles. The summed E-state index contributed by atoms with van der Waals surface area (Å²) in [6, 6.07) is 15.5. The van der Waals surface area contributed by atoms with E-state index in [9.17, 15) is 4.79 Å². The fourth-order valence-electron chi connectivity index (χ4n) is 3.84. The summed E-state index contributed by atoms with van der Waals surface area (Å²) < 4.78 is 0. The maximum Gasteiger partial charge on any atom is 0.255 e. The van der Waals surface area contributed by atoms with Gasteiger partial charge in [0.25, 0.3) is 5.91 Å². The average molecular weight is 496 g/mol. The van der Waals surface area contributed by atoms with Crippen molar-refractivity contribution in [3.63, 3.8) is 0 Å². The number of amides is 1. The fraction of sp³-hybridized carbons (Fsp3) is 0.148. The summed E-state index contributed by atoms with van der Waals surface area (Å²) in [5.74, 6) is 0.777. The molecule has 180 valence electrons. The Morgan fingerprint density at radius 2 is 1.89 bits per heavy atom. The molecule has 36 heavy (non-hydrogen) atoms. The molecule has 9 heteroatoms. The molecule has 8 nitrogen and oxygen atoms in total. The molecule has 0 fully saturated rings. The lowest BCUT2D eigenvalue weighted by Crippen LogP contribution is -2.24. The standard InChI is InChI=1S/C27H25N7OS/c1-16-5-6-18(10-17(16)2)12-31-27(35)20-4-3-9-29-26(20)30-13-24-34-23(14-36-24)19-7-8-22-21(11-19)25(28)33-15-32-22/h3-11,14-15H,12-13H2,1-2H3,(H,29,30)(H,31,35)(H2,28,32,33). The summed E-state index contributed by atoms with van der Waals surface area (Å²) in [5.41, 5.74) is 12.6. The lowest BCUT2D eigenvalue weighted by atomic mass is 10.1. The first-order valence-corrected chi connectivity index (χ1v) is 12.3. The molecule has 0 aliphatic rings. The smallest absolute Gasteiger partial charge is 0.255 e. The van der Waals surface area contributed by atoms with Crippen molar-refractivity contribution in [1.29, 1.82) is 0 Å². The summed E-state index contributed by atoms with van der Waals surface area (Å²) in [5, 5.41) is 9.92. The van der Waals surface area contributed by atoms with Crippen LogP contribution in [0.4, 0.5) is 11.6 Å². The van der Waals surface area contributed by atoms with Gasteiger partial charge >= 0.3 is 0 Å². The summed E-state index contributed by atoms with van der Waals surface area (Å²) in [4.78, 5) is 30.3. The van der Waals surface area contributed by atoms with Crippen LogP contribution in [0.1, 0.15) is 32.1 Å². The minimum absolute atomic E-state index is 0.181. The van der Waals surface area contributed by atoms with Gasteiger partial charge in [-0.1, -0.05) is 24.3 Å². The number of carbonyl (C=O) groups is 1. The third-order valence-electron chi connectivity index (χ3n) is 6.00. The van der Waals surface area contributed by atoms with E-state index in [0.29, 0.717) is 30.3 Å². The first-order valence-electron chi connectivity index (χ1n) is 11.5. The molecule has 4 N–H and O–H groups in total. The van der Waals surface area contributed by atoms with E-state index < -0.39 is 0 Å². The van der Waals surface area contributed by atoms with E-state index in [4.69, 9.17) is 10.7 Å². The number of nitrogen functional groups attached to an aromatic ring is 1. The molecule has 0 bridgehead atoms. The van der Waals surface area contributed by atoms with Gasteiger partial charge in [-0.2, -0.15) is 0 Å². The molecule has 0 aliphatic carbocycles. The molecule has 0 saturated heterocycles. The number of nitrogens with one attached hydrogen (secondary N) is 2. The summed E-state index contributed by atoms with van der Waals surface area (Å²) in [7, 11) is 0. The van der Waals surface area contributed by atoms with Gasteiger partial charge in [-0.15, -0.1) is 11.3 Å². The average Bonchev–Trinajstić information content (AvgIpc) is 3.37. The van der Waals surface area contributed by atoms with Crippen molar-refractivity contribution in [2.75, 3.05) is 11.1 Å². The molecule has 3 aromatic heterocycles. The van der Waals surface area contributed by atoms with E-state index in [1.54, 1.807) is 18.3 Å². The second-order valence-corrected chi connectivity index (χ2v) is 9.41. The third-order valence-corrected chi connectivity index (χ3v) is 6.85. The van der Waals surface area contributed by atoms with Gasteiger partial charge < -0.3 is 16.4 Å². The predicted molar refractivity (Wildman–Crippen MR) is 144 cm³/mol. The Labute approximate surface area is 212 Å². The number of thiazole rings is 1. The predicted octanol–water partition coefficient (Wildman–Crippen LogP) is 4.89. The van der Waals surface area contributed by atoms with Crippen molar-refractivity contribution in [3.8, 4) is 11.3 Å². The van der Waals surface area contributed by atoms with Gasteiger partial charge in [0.2, 0.25) is 0 Å². The van der Waals surface area contributed by atoms with E-state index in [2.05, 4.69) is 51.6 Å². The zero-order valence-electron chi connectivity index (χ0n) is 19.9. The molecule has 0 atom stereocenters. The zero-order chi connectivity index (χ0) is 25.1. The fourth-order valence-corrected chi connectivity index (χ4v) is 4.58. The van der Waals surface area contributed by atoms with Gasteiger partial charge in [0.05, 0.1) is 23.3 Å². The summed E-state index contributed by atoms with van der Waals surface area (Å²) >= 11 is 1.53. The monoisotopic (exact) mass is 495 g/mol. The van der Waals surface area contributed by atoms with Gasteiger partial charge in [0, 0.05) is 29.1 Å². The van der Waals surface area contributed by atoms with Crippen molar-refractivity contribution in [2.45, 2.75) is 26.9 Å². The number of rotatable bonds is 7. The molecule has 0 unspecified atom stereocenters. The molecular formula is C27H25N7OS. The Bertz CT molecular complexity index is 1560. The molecule has 1 amide bonds. The number of nitrogens with two attached hydrogens (primary N) is 1. The Balaban J connectivity index is 1.26. The van der Waals surface area contributed by atoms with E-state index in [1.807, 2.05) is 29.6 Å². The van der Waals surface area contributed by atoms with E-state index in [-0.39, 0.29) is 5.91 Å². The molecule has 0 radical (unpaired) electrons. The Morgan fingerprint density at radius 1 is 1.00 bits per heavy atom. The van der Waals surface area contributed by atoms with Crippen LogP contribution in [0.3, 0.4) is 0 Å². The van der Waals surface area contributed by atoms with Gasteiger partial charge in [0.15, 0.2) is 0 Å². The van der Waals surface area contributed by atoms with Crippen LogP contribution in [-0.2, 0) is 13.1 Å². The highest BCUT2D eigenvalue weighted by Gasteiger charge is 2.13. The van der Waals surface area contributed by atoms with Gasteiger partial charge in [-0.3, -0.25) is 4.79 Å². The van der Waals surface area contributed by atoms with Crippen LogP contribution in [0.5, 0.6) is 0 Å². The normalized spacial score (nSPS) is 10.9. The number of nitrogens with zero attached hydrogens (tertiary/aromatic N) is 4. The number of hydrogen-bond donors (Lipinski definition) is 3. The highest BCUT2D eigenvalue weighted by atomic mass is 32.1. The number of anilines is 2. The van der Waals surface area contributed by atoms with Crippen molar-refractivity contribution in [3.05, 3.63) is 93.7 Å². The first-order chi connectivity index (χ1) is 17.5.